The standard InChI is InChI=1S/C28H39NO3/c1-8-9-16-31-25-18-21(2)26(22(3)19-25)32-17-11-10-13-23-14-12-15-24(20-23)27(29-30-7)28(4,5)6/h8-9,12,14-15,18-20H,10-11,13,16-17H2,1-7H3/b9-8+,29-27?. The van der Waals surface area contributed by atoms with E-state index in [2.05, 4.69) is 64.0 Å². The summed E-state index contributed by atoms with van der Waals surface area (Å²) in [7, 11) is 1.60. The maximum atomic E-state index is 6.12. The minimum atomic E-state index is -0.0779. The number of oxime groups is 1. The lowest BCUT2D eigenvalue weighted by Crippen LogP contribution is -2.22. The molecule has 0 spiro atoms. The molecule has 0 bridgehead atoms. The lowest BCUT2D eigenvalue weighted by Gasteiger charge is -2.21. The third kappa shape index (κ3) is 7.74. The van der Waals surface area contributed by atoms with E-state index in [1.165, 1.54) is 5.56 Å². The Balaban J connectivity index is 1.89. The molecule has 0 atom stereocenters. The zero-order valence-electron chi connectivity index (χ0n) is 20.8. The van der Waals surface area contributed by atoms with Crippen LogP contribution in [0.4, 0.5) is 0 Å². The topological polar surface area (TPSA) is 40.0 Å². The van der Waals surface area contributed by atoms with Gasteiger partial charge in [0.1, 0.15) is 25.2 Å². The molecule has 32 heavy (non-hydrogen) atoms. The molecule has 0 aliphatic carbocycles. The molecule has 2 aromatic rings. The van der Waals surface area contributed by atoms with Crippen LogP contribution >= 0.6 is 0 Å². The molecule has 0 unspecified atom stereocenters. The summed E-state index contributed by atoms with van der Waals surface area (Å²) >= 11 is 0. The van der Waals surface area contributed by atoms with Crippen molar-refractivity contribution in [3.05, 3.63) is 70.8 Å². The Labute approximate surface area is 194 Å². The van der Waals surface area contributed by atoms with Crippen molar-refractivity contribution >= 4 is 5.71 Å². The van der Waals surface area contributed by atoms with E-state index in [1.54, 1.807) is 7.11 Å². The summed E-state index contributed by atoms with van der Waals surface area (Å²) in [5.41, 5.74) is 5.54. The number of nitrogens with zero attached hydrogens (tertiary/aromatic N) is 1. The van der Waals surface area contributed by atoms with E-state index in [4.69, 9.17) is 14.3 Å². The number of allylic oxidation sites excluding steroid dienone is 1. The summed E-state index contributed by atoms with van der Waals surface area (Å²) in [5.74, 6) is 1.85. The minimum absolute atomic E-state index is 0.0779. The summed E-state index contributed by atoms with van der Waals surface area (Å²) in [6.45, 7) is 13.9. The average Bonchev–Trinajstić information content (AvgIpc) is 2.73. The second-order valence-corrected chi connectivity index (χ2v) is 9.14. The van der Waals surface area contributed by atoms with Crippen LogP contribution < -0.4 is 9.47 Å². The van der Waals surface area contributed by atoms with Gasteiger partial charge in [0.25, 0.3) is 0 Å². The van der Waals surface area contributed by atoms with Gasteiger partial charge in [-0.15, -0.1) is 0 Å². The van der Waals surface area contributed by atoms with Crippen LogP contribution in [-0.2, 0) is 11.3 Å². The summed E-state index contributed by atoms with van der Waals surface area (Å²) in [4.78, 5) is 5.09. The van der Waals surface area contributed by atoms with Crippen molar-refractivity contribution in [3.8, 4) is 11.5 Å². The van der Waals surface area contributed by atoms with Crippen LogP contribution in [0.5, 0.6) is 11.5 Å². The lowest BCUT2D eigenvalue weighted by atomic mass is 9.85. The summed E-state index contributed by atoms with van der Waals surface area (Å²) in [5, 5.41) is 4.28. The predicted octanol–water partition coefficient (Wildman–Crippen LogP) is 7.06. The van der Waals surface area contributed by atoms with E-state index in [0.29, 0.717) is 13.2 Å². The van der Waals surface area contributed by atoms with Crippen LogP contribution in [0.25, 0.3) is 0 Å². The monoisotopic (exact) mass is 437 g/mol. The zero-order chi connectivity index (χ0) is 23.6. The third-order valence-corrected chi connectivity index (χ3v) is 5.22. The van der Waals surface area contributed by atoms with E-state index >= 15 is 0 Å². The summed E-state index contributed by atoms with van der Waals surface area (Å²) in [6, 6.07) is 12.7. The van der Waals surface area contributed by atoms with Crippen LogP contribution in [0.15, 0.2) is 53.7 Å². The molecular formula is C28H39NO3. The molecule has 2 rings (SSSR count). The van der Waals surface area contributed by atoms with Crippen molar-refractivity contribution < 1.29 is 14.3 Å². The fourth-order valence-corrected chi connectivity index (χ4v) is 3.66. The molecule has 0 N–H and O–H groups in total. The van der Waals surface area contributed by atoms with Crippen LogP contribution in [0.1, 0.15) is 62.8 Å². The number of benzene rings is 2. The van der Waals surface area contributed by atoms with E-state index in [-0.39, 0.29) is 5.41 Å². The SMILES string of the molecule is C/C=C/COc1cc(C)c(OCCCCc2cccc(C(=NOC)C(C)(C)C)c2)c(C)c1. The Bertz CT molecular complexity index is 900. The highest BCUT2D eigenvalue weighted by Gasteiger charge is 2.22. The Morgan fingerprint density at radius 1 is 1.00 bits per heavy atom. The van der Waals surface area contributed by atoms with Crippen LogP contribution in [0.2, 0.25) is 0 Å². The molecular weight excluding hydrogens is 398 g/mol. The van der Waals surface area contributed by atoms with Gasteiger partial charge in [0, 0.05) is 11.0 Å². The summed E-state index contributed by atoms with van der Waals surface area (Å²) in [6.07, 6.45) is 7.07. The van der Waals surface area contributed by atoms with Gasteiger partial charge in [-0.1, -0.05) is 56.3 Å². The highest BCUT2D eigenvalue weighted by molar-refractivity contribution is 6.03. The first-order valence-electron chi connectivity index (χ1n) is 11.4. The average molecular weight is 438 g/mol. The number of hydrogen-bond donors (Lipinski definition) is 0. The molecule has 0 aromatic heterocycles. The van der Waals surface area contributed by atoms with Gasteiger partial charge >= 0.3 is 0 Å². The van der Waals surface area contributed by atoms with Gasteiger partial charge in [-0.05, 0) is 74.9 Å². The molecule has 0 saturated heterocycles. The van der Waals surface area contributed by atoms with Gasteiger partial charge in [0.15, 0.2) is 0 Å². The largest absolute Gasteiger partial charge is 0.493 e. The van der Waals surface area contributed by atoms with Crippen LogP contribution in [0.3, 0.4) is 0 Å². The van der Waals surface area contributed by atoms with E-state index in [0.717, 1.165) is 53.2 Å². The first-order valence-corrected chi connectivity index (χ1v) is 11.4. The smallest absolute Gasteiger partial charge is 0.125 e. The number of ether oxygens (including phenoxy) is 2. The highest BCUT2D eigenvalue weighted by Crippen LogP contribution is 2.29. The van der Waals surface area contributed by atoms with Crippen LogP contribution in [-0.4, -0.2) is 26.0 Å². The Kier molecular flexibility index (Phi) is 9.83. The molecule has 174 valence electrons. The Morgan fingerprint density at radius 3 is 2.34 bits per heavy atom. The van der Waals surface area contributed by atoms with Gasteiger partial charge in [-0.3, -0.25) is 0 Å². The van der Waals surface area contributed by atoms with Gasteiger partial charge in [0.05, 0.1) is 12.3 Å². The second kappa shape index (κ2) is 12.3. The maximum Gasteiger partial charge on any atom is 0.125 e. The fourth-order valence-electron chi connectivity index (χ4n) is 3.66. The van der Waals surface area contributed by atoms with Crippen molar-refractivity contribution in [2.45, 2.75) is 60.8 Å². The van der Waals surface area contributed by atoms with Crippen molar-refractivity contribution in [2.75, 3.05) is 20.3 Å². The second-order valence-electron chi connectivity index (χ2n) is 9.14. The number of rotatable bonds is 11. The number of aryl methyl sites for hydroxylation is 3. The van der Waals surface area contributed by atoms with Crippen LogP contribution in [0, 0.1) is 19.3 Å². The third-order valence-electron chi connectivity index (χ3n) is 5.22. The van der Waals surface area contributed by atoms with Gasteiger partial charge < -0.3 is 14.3 Å². The van der Waals surface area contributed by atoms with Gasteiger partial charge in [-0.25, -0.2) is 0 Å². The van der Waals surface area contributed by atoms with Crippen molar-refractivity contribution in [1.82, 2.24) is 0 Å². The van der Waals surface area contributed by atoms with Crippen molar-refractivity contribution in [1.29, 1.82) is 0 Å². The predicted molar refractivity (Wildman–Crippen MR) is 134 cm³/mol. The lowest BCUT2D eigenvalue weighted by molar-refractivity contribution is 0.209. The molecule has 0 aliphatic rings. The van der Waals surface area contributed by atoms with Gasteiger partial charge in [-0.2, -0.15) is 0 Å². The zero-order valence-corrected chi connectivity index (χ0v) is 20.8. The Morgan fingerprint density at radius 2 is 1.72 bits per heavy atom. The molecule has 2 aromatic carbocycles. The first-order chi connectivity index (χ1) is 15.3. The normalized spacial score (nSPS) is 12.3. The fraction of sp³-hybridized carbons (Fsp3) is 0.464. The molecule has 0 amide bonds. The number of unbranched alkanes of at least 4 members (excludes halogenated alkanes) is 1. The molecule has 0 aliphatic heterocycles. The molecule has 0 radical (unpaired) electrons. The maximum absolute atomic E-state index is 6.12. The van der Waals surface area contributed by atoms with E-state index < -0.39 is 0 Å². The number of hydrogen-bond acceptors (Lipinski definition) is 4. The molecule has 4 nitrogen and oxygen atoms in total. The molecule has 0 saturated carbocycles. The summed E-state index contributed by atoms with van der Waals surface area (Å²) < 4.78 is 11.9. The quantitative estimate of drug-likeness (QED) is 0.164. The van der Waals surface area contributed by atoms with Gasteiger partial charge in [0.2, 0.25) is 0 Å². The van der Waals surface area contributed by atoms with E-state index in [1.807, 2.05) is 31.2 Å². The highest BCUT2D eigenvalue weighted by atomic mass is 16.6. The molecule has 0 fully saturated rings. The minimum Gasteiger partial charge on any atom is -0.493 e. The molecule has 0 heterocycles. The van der Waals surface area contributed by atoms with Crippen molar-refractivity contribution in [2.24, 2.45) is 10.6 Å². The van der Waals surface area contributed by atoms with Crippen molar-refractivity contribution in [3.63, 3.8) is 0 Å². The molecule has 4 heteroatoms. The Hall–Kier alpha value is -2.75. The first kappa shape index (κ1) is 25.5. The van der Waals surface area contributed by atoms with E-state index in [9.17, 15) is 0 Å².